The number of hydrogen-bond donors (Lipinski definition) is 1. The zero-order valence-electron chi connectivity index (χ0n) is 11.2. The minimum Gasteiger partial charge on any atom is -0.330 e. The van der Waals surface area contributed by atoms with Gasteiger partial charge in [-0.1, -0.05) is 77.6 Å². The molecule has 0 bridgehead atoms. The summed E-state index contributed by atoms with van der Waals surface area (Å²) in [6.07, 6.45) is 16.9. The highest BCUT2D eigenvalue weighted by molar-refractivity contribution is 5.85. The second-order valence-electron chi connectivity index (χ2n) is 4.68. The minimum atomic E-state index is 0. The van der Waals surface area contributed by atoms with Crippen LogP contribution in [0, 0.1) is 0 Å². The first kappa shape index (κ1) is 18.6. The molecule has 2 N–H and O–H groups in total. The van der Waals surface area contributed by atoms with Crippen molar-refractivity contribution in [3.63, 3.8) is 0 Å². The number of nitrogens with two attached hydrogens (primary N) is 1. The van der Waals surface area contributed by atoms with E-state index in [1.54, 1.807) is 0 Å². The van der Waals surface area contributed by atoms with Gasteiger partial charge in [-0.05, 0) is 13.0 Å². The van der Waals surface area contributed by atoms with Crippen molar-refractivity contribution in [3.8, 4) is 0 Å². The number of hydrogen-bond acceptors (Lipinski definition) is 1. The Morgan fingerprint density at radius 2 is 0.875 bits per heavy atom. The van der Waals surface area contributed by atoms with E-state index in [0.29, 0.717) is 0 Å². The first-order valence-electron chi connectivity index (χ1n) is 7.12. The quantitative estimate of drug-likeness (QED) is 0.480. The van der Waals surface area contributed by atoms with E-state index in [1.165, 1.54) is 77.0 Å². The first-order chi connectivity index (χ1) is 7.41. The molecule has 0 heterocycles. The molecule has 0 saturated heterocycles. The molecule has 0 aromatic carbocycles. The van der Waals surface area contributed by atoms with Crippen molar-refractivity contribution in [2.75, 3.05) is 6.54 Å². The van der Waals surface area contributed by atoms with Crippen molar-refractivity contribution < 1.29 is 0 Å². The van der Waals surface area contributed by atoms with Gasteiger partial charge >= 0.3 is 0 Å². The second-order valence-corrected chi connectivity index (χ2v) is 4.68. The molecule has 2 heteroatoms. The van der Waals surface area contributed by atoms with E-state index in [9.17, 15) is 0 Å². The van der Waals surface area contributed by atoms with E-state index < -0.39 is 0 Å². The van der Waals surface area contributed by atoms with Gasteiger partial charge in [-0.2, -0.15) is 0 Å². The highest BCUT2D eigenvalue weighted by Gasteiger charge is 1.92. The molecule has 0 spiro atoms. The van der Waals surface area contributed by atoms with Gasteiger partial charge in [0.25, 0.3) is 0 Å². The summed E-state index contributed by atoms with van der Waals surface area (Å²) in [6.45, 7) is 3.15. The number of rotatable bonds is 12. The zero-order chi connectivity index (χ0) is 11.2. The van der Waals surface area contributed by atoms with Crippen LogP contribution in [0.3, 0.4) is 0 Å². The molecule has 1 nitrogen and oxygen atoms in total. The van der Waals surface area contributed by atoms with Crippen molar-refractivity contribution in [2.24, 2.45) is 5.73 Å². The molecule has 0 radical (unpaired) electrons. The summed E-state index contributed by atoms with van der Waals surface area (Å²) in [7, 11) is 0. The fraction of sp³-hybridized carbons (Fsp3) is 1.00. The van der Waals surface area contributed by atoms with Crippen molar-refractivity contribution in [1.29, 1.82) is 0 Å². The molecule has 100 valence electrons. The third-order valence-corrected chi connectivity index (χ3v) is 3.06. The Hall–Kier alpha value is 0.250. The van der Waals surface area contributed by atoms with Crippen LogP contribution in [0.15, 0.2) is 0 Å². The molecular formula is C14H32ClN. The van der Waals surface area contributed by atoms with Gasteiger partial charge in [0, 0.05) is 0 Å². The maximum atomic E-state index is 5.45. The summed E-state index contributed by atoms with van der Waals surface area (Å²) >= 11 is 0. The van der Waals surface area contributed by atoms with E-state index in [-0.39, 0.29) is 12.4 Å². The monoisotopic (exact) mass is 249 g/mol. The normalized spacial score (nSPS) is 10.1. The van der Waals surface area contributed by atoms with Crippen LogP contribution in [0.2, 0.25) is 0 Å². The van der Waals surface area contributed by atoms with Crippen LogP contribution in [0.4, 0.5) is 0 Å². The van der Waals surface area contributed by atoms with Crippen molar-refractivity contribution in [2.45, 2.75) is 84.0 Å². The Labute approximate surface area is 109 Å². The van der Waals surface area contributed by atoms with Crippen LogP contribution < -0.4 is 5.73 Å². The molecule has 0 aliphatic heterocycles. The van der Waals surface area contributed by atoms with Gasteiger partial charge in [-0.25, -0.2) is 0 Å². The van der Waals surface area contributed by atoms with Crippen LogP contribution >= 0.6 is 12.4 Å². The minimum absolute atomic E-state index is 0. The Bertz CT molecular complexity index is 94.9. The van der Waals surface area contributed by atoms with Crippen LogP contribution in [-0.4, -0.2) is 6.54 Å². The van der Waals surface area contributed by atoms with Gasteiger partial charge in [0.05, 0.1) is 0 Å². The molecular weight excluding hydrogens is 218 g/mol. The van der Waals surface area contributed by atoms with E-state index >= 15 is 0 Å². The fourth-order valence-corrected chi connectivity index (χ4v) is 1.99. The zero-order valence-corrected chi connectivity index (χ0v) is 12.0. The van der Waals surface area contributed by atoms with Gasteiger partial charge in [-0.3, -0.25) is 0 Å². The molecule has 0 amide bonds. The Morgan fingerprint density at radius 1 is 0.562 bits per heavy atom. The Kier molecular flexibility index (Phi) is 20.5. The molecule has 0 aliphatic rings. The largest absolute Gasteiger partial charge is 0.330 e. The lowest BCUT2D eigenvalue weighted by Gasteiger charge is -2.01. The van der Waals surface area contributed by atoms with Crippen molar-refractivity contribution >= 4 is 12.4 Å². The molecule has 0 aromatic rings. The van der Waals surface area contributed by atoms with E-state index in [4.69, 9.17) is 5.73 Å². The van der Waals surface area contributed by atoms with E-state index in [0.717, 1.165) is 6.54 Å². The molecule has 16 heavy (non-hydrogen) atoms. The van der Waals surface area contributed by atoms with Gasteiger partial charge < -0.3 is 5.73 Å². The van der Waals surface area contributed by atoms with Gasteiger partial charge in [0.1, 0.15) is 0 Å². The molecule has 0 fully saturated rings. The average molecular weight is 250 g/mol. The topological polar surface area (TPSA) is 26.0 Å². The number of unbranched alkanes of at least 4 members (excludes halogenated alkanes) is 11. The van der Waals surface area contributed by atoms with E-state index in [1.807, 2.05) is 0 Å². The SMILES string of the molecule is CCCCCCCCCCCCCCN.Cl. The average Bonchev–Trinajstić information content (AvgIpc) is 2.26. The summed E-state index contributed by atoms with van der Waals surface area (Å²) in [5.74, 6) is 0. The lowest BCUT2D eigenvalue weighted by molar-refractivity contribution is 0.545. The smallest absolute Gasteiger partial charge is 0.00773 e. The predicted octanol–water partition coefficient (Wildman–Crippen LogP) is 5.07. The first-order valence-corrected chi connectivity index (χ1v) is 7.12. The number of halogens is 1. The maximum absolute atomic E-state index is 5.45. The summed E-state index contributed by atoms with van der Waals surface area (Å²) < 4.78 is 0. The van der Waals surface area contributed by atoms with Crippen molar-refractivity contribution in [3.05, 3.63) is 0 Å². The molecule has 0 saturated carbocycles. The molecule has 0 aromatic heterocycles. The fourth-order valence-electron chi connectivity index (χ4n) is 1.99. The maximum Gasteiger partial charge on any atom is -0.00773 e. The summed E-state index contributed by atoms with van der Waals surface area (Å²) in [6, 6.07) is 0. The van der Waals surface area contributed by atoms with Crippen LogP contribution in [0.25, 0.3) is 0 Å². The lowest BCUT2D eigenvalue weighted by atomic mass is 10.1. The van der Waals surface area contributed by atoms with Crippen LogP contribution in [0.1, 0.15) is 84.0 Å². The second kappa shape index (κ2) is 17.6. The molecule has 0 aliphatic carbocycles. The molecule has 0 atom stereocenters. The third-order valence-electron chi connectivity index (χ3n) is 3.06. The highest BCUT2D eigenvalue weighted by Crippen LogP contribution is 2.11. The summed E-state index contributed by atoms with van der Waals surface area (Å²) in [5, 5.41) is 0. The summed E-state index contributed by atoms with van der Waals surface area (Å²) in [5.41, 5.74) is 5.45. The predicted molar refractivity (Wildman–Crippen MR) is 77.4 cm³/mol. The lowest BCUT2D eigenvalue weighted by Crippen LogP contribution is -1.97. The van der Waals surface area contributed by atoms with Crippen molar-refractivity contribution in [1.82, 2.24) is 0 Å². The third kappa shape index (κ3) is 16.7. The summed E-state index contributed by atoms with van der Waals surface area (Å²) in [4.78, 5) is 0. The molecule has 0 unspecified atom stereocenters. The Morgan fingerprint density at radius 3 is 1.19 bits per heavy atom. The van der Waals surface area contributed by atoms with E-state index in [2.05, 4.69) is 6.92 Å². The van der Waals surface area contributed by atoms with Crippen LogP contribution in [-0.2, 0) is 0 Å². The molecule has 0 rings (SSSR count). The van der Waals surface area contributed by atoms with Gasteiger partial charge in [0.15, 0.2) is 0 Å². The Balaban J connectivity index is 0. The van der Waals surface area contributed by atoms with Crippen LogP contribution in [0.5, 0.6) is 0 Å². The van der Waals surface area contributed by atoms with Gasteiger partial charge in [0.2, 0.25) is 0 Å². The van der Waals surface area contributed by atoms with Gasteiger partial charge in [-0.15, -0.1) is 12.4 Å². The standard InChI is InChI=1S/C14H31N.ClH/c1-2-3-4-5-6-7-8-9-10-11-12-13-14-15;/h2-15H2,1H3;1H. The highest BCUT2D eigenvalue weighted by atomic mass is 35.5.